The summed E-state index contributed by atoms with van der Waals surface area (Å²) in [7, 11) is 0. The van der Waals surface area contributed by atoms with Crippen LogP contribution < -0.4 is 11.1 Å². The van der Waals surface area contributed by atoms with Crippen molar-refractivity contribution in [2.75, 3.05) is 0 Å². The van der Waals surface area contributed by atoms with Crippen molar-refractivity contribution in [3.63, 3.8) is 0 Å². The van der Waals surface area contributed by atoms with Crippen LogP contribution in [0.3, 0.4) is 0 Å². The highest BCUT2D eigenvalue weighted by Gasteiger charge is 2.11. The zero-order chi connectivity index (χ0) is 15.2. The second-order valence-corrected chi connectivity index (χ2v) is 5.04. The summed E-state index contributed by atoms with van der Waals surface area (Å²) in [6, 6.07) is 14.6. The molecule has 0 heterocycles. The van der Waals surface area contributed by atoms with E-state index in [1.807, 2.05) is 31.2 Å². The van der Waals surface area contributed by atoms with E-state index >= 15 is 0 Å². The fourth-order valence-electron chi connectivity index (χ4n) is 2.15. The summed E-state index contributed by atoms with van der Waals surface area (Å²) in [6.45, 7) is 2.44. The Bertz CT molecular complexity index is 608. The molecule has 2 rings (SSSR count). The van der Waals surface area contributed by atoms with Crippen LogP contribution in [0, 0.1) is 0 Å². The van der Waals surface area contributed by atoms with Crippen LogP contribution >= 0.6 is 0 Å². The molecule has 1 atom stereocenters. The van der Waals surface area contributed by atoms with Gasteiger partial charge < -0.3 is 16.2 Å². The number of phenols is 1. The summed E-state index contributed by atoms with van der Waals surface area (Å²) in [5, 5.41) is 12.6. The molecule has 2 aromatic rings. The molecule has 2 aromatic carbocycles. The number of carbonyl (C=O) groups excluding carboxylic acids is 1. The topological polar surface area (TPSA) is 75.3 Å². The standard InChI is InChI=1S/C17H20N2O2/c1-12(14-8-6-13(11-18)7-9-14)19-17(21)10-15-4-2-3-5-16(15)20/h2-9,12,20H,10-11,18H2,1H3,(H,19,21). The summed E-state index contributed by atoms with van der Waals surface area (Å²) < 4.78 is 0. The molecule has 0 aliphatic heterocycles. The van der Waals surface area contributed by atoms with E-state index in [9.17, 15) is 9.90 Å². The first-order valence-electron chi connectivity index (χ1n) is 6.95. The number of hydrogen-bond donors (Lipinski definition) is 3. The molecule has 1 unspecified atom stereocenters. The van der Waals surface area contributed by atoms with Gasteiger partial charge in [-0.3, -0.25) is 4.79 Å². The Labute approximate surface area is 124 Å². The van der Waals surface area contributed by atoms with Crippen molar-refractivity contribution in [3.05, 3.63) is 65.2 Å². The summed E-state index contributed by atoms with van der Waals surface area (Å²) in [5.41, 5.74) is 8.28. The van der Waals surface area contributed by atoms with Crippen LogP contribution in [0.5, 0.6) is 5.75 Å². The first-order chi connectivity index (χ1) is 10.1. The van der Waals surface area contributed by atoms with Gasteiger partial charge in [0, 0.05) is 12.1 Å². The van der Waals surface area contributed by atoms with Crippen molar-refractivity contribution in [1.82, 2.24) is 5.32 Å². The monoisotopic (exact) mass is 284 g/mol. The average Bonchev–Trinajstić information content (AvgIpc) is 2.49. The molecule has 0 bridgehead atoms. The van der Waals surface area contributed by atoms with Gasteiger partial charge in [-0.05, 0) is 24.1 Å². The van der Waals surface area contributed by atoms with Crippen LogP contribution in [-0.4, -0.2) is 11.0 Å². The fourth-order valence-corrected chi connectivity index (χ4v) is 2.15. The van der Waals surface area contributed by atoms with E-state index in [2.05, 4.69) is 5.32 Å². The Morgan fingerprint density at radius 3 is 2.48 bits per heavy atom. The molecule has 0 aromatic heterocycles. The lowest BCUT2D eigenvalue weighted by atomic mass is 10.1. The second-order valence-electron chi connectivity index (χ2n) is 5.04. The van der Waals surface area contributed by atoms with E-state index in [1.54, 1.807) is 24.3 Å². The Hall–Kier alpha value is -2.33. The van der Waals surface area contributed by atoms with Gasteiger partial charge >= 0.3 is 0 Å². The third kappa shape index (κ3) is 4.07. The van der Waals surface area contributed by atoms with Crippen LogP contribution in [0.4, 0.5) is 0 Å². The number of para-hydroxylation sites is 1. The van der Waals surface area contributed by atoms with Gasteiger partial charge in [0.2, 0.25) is 5.91 Å². The van der Waals surface area contributed by atoms with Gasteiger partial charge in [0.1, 0.15) is 5.75 Å². The molecule has 4 N–H and O–H groups in total. The van der Waals surface area contributed by atoms with Gasteiger partial charge in [-0.15, -0.1) is 0 Å². The smallest absolute Gasteiger partial charge is 0.225 e. The summed E-state index contributed by atoms with van der Waals surface area (Å²) >= 11 is 0. The van der Waals surface area contributed by atoms with Gasteiger partial charge in [0.15, 0.2) is 0 Å². The van der Waals surface area contributed by atoms with E-state index in [-0.39, 0.29) is 24.1 Å². The number of nitrogens with one attached hydrogen (secondary N) is 1. The third-order valence-electron chi connectivity index (χ3n) is 3.44. The number of phenolic OH excluding ortho intramolecular Hbond substituents is 1. The maximum atomic E-state index is 12.0. The van der Waals surface area contributed by atoms with Crippen LogP contribution in [0.2, 0.25) is 0 Å². The number of carbonyl (C=O) groups is 1. The molecule has 0 spiro atoms. The van der Waals surface area contributed by atoms with Gasteiger partial charge in [-0.1, -0.05) is 42.5 Å². The molecule has 0 aliphatic carbocycles. The molecule has 0 saturated heterocycles. The zero-order valence-corrected chi connectivity index (χ0v) is 12.0. The molecule has 0 fully saturated rings. The predicted molar refractivity (Wildman–Crippen MR) is 82.7 cm³/mol. The first kappa shape index (κ1) is 15.1. The van der Waals surface area contributed by atoms with Gasteiger partial charge in [0.05, 0.1) is 12.5 Å². The van der Waals surface area contributed by atoms with Crippen LogP contribution in [0.1, 0.15) is 29.7 Å². The summed E-state index contributed by atoms with van der Waals surface area (Å²) in [4.78, 5) is 12.0. The minimum Gasteiger partial charge on any atom is -0.508 e. The SMILES string of the molecule is CC(NC(=O)Cc1ccccc1O)c1ccc(CN)cc1. The lowest BCUT2D eigenvalue weighted by molar-refractivity contribution is -0.121. The highest BCUT2D eigenvalue weighted by molar-refractivity contribution is 5.79. The fraction of sp³-hybridized carbons (Fsp3) is 0.235. The van der Waals surface area contributed by atoms with Crippen molar-refractivity contribution in [1.29, 1.82) is 0 Å². The molecule has 4 nitrogen and oxygen atoms in total. The van der Waals surface area contributed by atoms with E-state index in [4.69, 9.17) is 5.73 Å². The van der Waals surface area contributed by atoms with Gasteiger partial charge in [0.25, 0.3) is 0 Å². The number of hydrogen-bond acceptors (Lipinski definition) is 3. The summed E-state index contributed by atoms with van der Waals surface area (Å²) in [6.07, 6.45) is 0.165. The van der Waals surface area contributed by atoms with Crippen molar-refractivity contribution in [2.24, 2.45) is 5.73 Å². The third-order valence-corrected chi connectivity index (χ3v) is 3.44. The quantitative estimate of drug-likeness (QED) is 0.788. The molecule has 0 aliphatic rings. The molecule has 110 valence electrons. The number of nitrogens with two attached hydrogens (primary N) is 1. The molecular formula is C17H20N2O2. The second kappa shape index (κ2) is 6.90. The van der Waals surface area contributed by atoms with Crippen LogP contribution in [0.15, 0.2) is 48.5 Å². The molecule has 4 heteroatoms. The van der Waals surface area contributed by atoms with Gasteiger partial charge in [-0.2, -0.15) is 0 Å². The van der Waals surface area contributed by atoms with Crippen molar-refractivity contribution in [2.45, 2.75) is 25.9 Å². The highest BCUT2D eigenvalue weighted by Crippen LogP contribution is 2.17. The molecule has 1 amide bonds. The minimum absolute atomic E-state index is 0.0878. The largest absolute Gasteiger partial charge is 0.508 e. The molecular weight excluding hydrogens is 264 g/mol. The van der Waals surface area contributed by atoms with E-state index < -0.39 is 0 Å². The Balaban J connectivity index is 1.97. The minimum atomic E-state index is -0.119. The maximum Gasteiger partial charge on any atom is 0.225 e. The Kier molecular flexibility index (Phi) is 4.95. The lowest BCUT2D eigenvalue weighted by Gasteiger charge is -2.15. The molecule has 21 heavy (non-hydrogen) atoms. The van der Waals surface area contributed by atoms with Crippen molar-refractivity contribution >= 4 is 5.91 Å². The number of rotatable bonds is 5. The Morgan fingerprint density at radius 1 is 1.19 bits per heavy atom. The van der Waals surface area contributed by atoms with Crippen LogP contribution in [-0.2, 0) is 17.8 Å². The van der Waals surface area contributed by atoms with E-state index in [0.717, 1.165) is 11.1 Å². The average molecular weight is 284 g/mol. The number of benzene rings is 2. The molecule has 0 radical (unpaired) electrons. The predicted octanol–water partition coefficient (Wildman–Crippen LogP) is 2.27. The number of aromatic hydroxyl groups is 1. The molecule has 0 saturated carbocycles. The summed E-state index contributed by atoms with van der Waals surface area (Å²) in [5.74, 6) is 0.0273. The zero-order valence-electron chi connectivity index (χ0n) is 12.0. The van der Waals surface area contributed by atoms with Gasteiger partial charge in [-0.25, -0.2) is 0 Å². The van der Waals surface area contributed by atoms with Crippen molar-refractivity contribution < 1.29 is 9.90 Å². The van der Waals surface area contributed by atoms with Crippen LogP contribution in [0.25, 0.3) is 0 Å². The number of amides is 1. The first-order valence-corrected chi connectivity index (χ1v) is 6.95. The maximum absolute atomic E-state index is 12.0. The van der Waals surface area contributed by atoms with Crippen molar-refractivity contribution in [3.8, 4) is 5.75 Å². The lowest BCUT2D eigenvalue weighted by Crippen LogP contribution is -2.28. The van der Waals surface area contributed by atoms with E-state index in [1.165, 1.54) is 0 Å². The van der Waals surface area contributed by atoms with E-state index in [0.29, 0.717) is 12.1 Å². The Morgan fingerprint density at radius 2 is 1.86 bits per heavy atom. The normalized spacial score (nSPS) is 11.9. The highest BCUT2D eigenvalue weighted by atomic mass is 16.3.